The zero-order chi connectivity index (χ0) is 21.2. The molecule has 1 N–H and O–H groups in total. The number of carbonyl (C=O) groups excluding carboxylic acids is 1. The molecule has 0 aliphatic carbocycles. The van der Waals surface area contributed by atoms with Gasteiger partial charge in [0, 0.05) is 37.6 Å². The summed E-state index contributed by atoms with van der Waals surface area (Å²) in [5.41, 5.74) is 0.233. The summed E-state index contributed by atoms with van der Waals surface area (Å²) in [7, 11) is 0. The second kappa shape index (κ2) is 8.59. The SMILES string of the molecule is C[C@@H](C(=O)Nc1ccc(F)c(Cl)c1)N1CCN(c2cccc(C(F)(F)F)c2)CC1. The van der Waals surface area contributed by atoms with Crippen molar-refractivity contribution in [2.24, 2.45) is 0 Å². The summed E-state index contributed by atoms with van der Waals surface area (Å²) < 4.78 is 52.0. The highest BCUT2D eigenvalue weighted by atomic mass is 35.5. The number of amides is 1. The zero-order valence-corrected chi connectivity index (χ0v) is 16.4. The molecule has 1 saturated heterocycles. The normalized spacial score (nSPS) is 16.6. The van der Waals surface area contributed by atoms with Crippen molar-refractivity contribution in [3.8, 4) is 0 Å². The Morgan fingerprint density at radius 3 is 2.41 bits per heavy atom. The molecule has 9 heteroatoms. The molecule has 1 aliphatic heterocycles. The van der Waals surface area contributed by atoms with Gasteiger partial charge in [-0.15, -0.1) is 0 Å². The van der Waals surface area contributed by atoms with E-state index in [0.29, 0.717) is 37.6 Å². The number of piperazine rings is 1. The van der Waals surface area contributed by atoms with Crippen molar-refractivity contribution in [2.75, 3.05) is 36.4 Å². The fourth-order valence-electron chi connectivity index (χ4n) is 3.23. The Kier molecular flexibility index (Phi) is 6.33. The molecule has 1 amide bonds. The number of hydrogen-bond acceptors (Lipinski definition) is 3. The number of halogens is 5. The first-order valence-electron chi connectivity index (χ1n) is 9.07. The molecule has 3 rings (SSSR count). The number of nitrogens with one attached hydrogen (secondary N) is 1. The topological polar surface area (TPSA) is 35.6 Å². The fraction of sp³-hybridized carbons (Fsp3) is 0.350. The molecule has 0 spiro atoms. The van der Waals surface area contributed by atoms with Gasteiger partial charge in [0.05, 0.1) is 16.6 Å². The molecule has 0 saturated carbocycles. The molecule has 0 aromatic heterocycles. The number of anilines is 2. The van der Waals surface area contributed by atoms with Gasteiger partial charge in [0.2, 0.25) is 5.91 Å². The highest BCUT2D eigenvalue weighted by molar-refractivity contribution is 6.31. The molecule has 156 valence electrons. The smallest absolute Gasteiger partial charge is 0.369 e. The van der Waals surface area contributed by atoms with Gasteiger partial charge in [-0.2, -0.15) is 13.2 Å². The maximum absolute atomic E-state index is 13.2. The van der Waals surface area contributed by atoms with Crippen molar-refractivity contribution < 1.29 is 22.4 Å². The quantitative estimate of drug-likeness (QED) is 0.719. The summed E-state index contributed by atoms with van der Waals surface area (Å²) in [6.45, 7) is 3.80. The van der Waals surface area contributed by atoms with Gasteiger partial charge >= 0.3 is 6.18 Å². The minimum atomic E-state index is -4.38. The number of hydrogen-bond donors (Lipinski definition) is 1. The van der Waals surface area contributed by atoms with Crippen LogP contribution in [0, 0.1) is 5.82 Å². The van der Waals surface area contributed by atoms with Crippen molar-refractivity contribution in [2.45, 2.75) is 19.1 Å². The molecular formula is C20H20ClF4N3O. The van der Waals surface area contributed by atoms with Crippen LogP contribution in [-0.2, 0) is 11.0 Å². The molecule has 1 aliphatic rings. The van der Waals surface area contributed by atoms with Crippen molar-refractivity contribution in [3.63, 3.8) is 0 Å². The van der Waals surface area contributed by atoms with E-state index in [2.05, 4.69) is 5.32 Å². The lowest BCUT2D eigenvalue weighted by molar-refractivity contribution is -0.137. The van der Waals surface area contributed by atoms with Crippen LogP contribution in [0.2, 0.25) is 5.02 Å². The van der Waals surface area contributed by atoms with Crippen LogP contribution in [0.5, 0.6) is 0 Å². The summed E-state index contributed by atoms with van der Waals surface area (Å²) in [6, 6.07) is 8.73. The third-order valence-corrected chi connectivity index (χ3v) is 5.26. The predicted octanol–water partition coefficient (Wildman–Crippen LogP) is 4.65. The highest BCUT2D eigenvalue weighted by Crippen LogP contribution is 2.32. The molecular weight excluding hydrogens is 410 g/mol. The molecule has 1 heterocycles. The summed E-state index contributed by atoms with van der Waals surface area (Å²) in [5, 5.41) is 2.63. The lowest BCUT2D eigenvalue weighted by Gasteiger charge is -2.38. The number of carbonyl (C=O) groups is 1. The van der Waals surface area contributed by atoms with E-state index >= 15 is 0 Å². The van der Waals surface area contributed by atoms with E-state index in [1.54, 1.807) is 13.0 Å². The number of nitrogens with zero attached hydrogens (tertiary/aromatic N) is 2. The van der Waals surface area contributed by atoms with E-state index in [1.807, 2.05) is 9.80 Å². The van der Waals surface area contributed by atoms with Crippen LogP contribution >= 0.6 is 11.6 Å². The molecule has 2 aromatic rings. The van der Waals surface area contributed by atoms with Gasteiger partial charge in [-0.3, -0.25) is 9.69 Å². The fourth-order valence-corrected chi connectivity index (χ4v) is 3.41. The molecule has 0 bridgehead atoms. The zero-order valence-electron chi connectivity index (χ0n) is 15.6. The Bertz CT molecular complexity index is 882. The minimum absolute atomic E-state index is 0.0786. The van der Waals surface area contributed by atoms with Crippen LogP contribution in [0.15, 0.2) is 42.5 Å². The first kappa shape index (κ1) is 21.4. The molecule has 29 heavy (non-hydrogen) atoms. The van der Waals surface area contributed by atoms with Crippen LogP contribution in [0.1, 0.15) is 12.5 Å². The Morgan fingerprint density at radius 2 is 1.79 bits per heavy atom. The Balaban J connectivity index is 1.58. The summed E-state index contributed by atoms with van der Waals surface area (Å²) in [6.07, 6.45) is -4.38. The van der Waals surface area contributed by atoms with E-state index < -0.39 is 23.6 Å². The van der Waals surface area contributed by atoms with E-state index in [0.717, 1.165) is 12.1 Å². The van der Waals surface area contributed by atoms with Crippen molar-refractivity contribution in [1.82, 2.24) is 4.90 Å². The van der Waals surface area contributed by atoms with Gasteiger partial charge < -0.3 is 10.2 Å². The van der Waals surface area contributed by atoms with Gasteiger partial charge in [0.25, 0.3) is 0 Å². The third-order valence-electron chi connectivity index (χ3n) is 4.97. The molecule has 0 radical (unpaired) electrons. The van der Waals surface area contributed by atoms with Gasteiger partial charge in [0.1, 0.15) is 5.82 Å². The molecule has 0 unspecified atom stereocenters. The monoisotopic (exact) mass is 429 g/mol. The van der Waals surface area contributed by atoms with Gasteiger partial charge in [0.15, 0.2) is 0 Å². The Labute approximate surface area is 171 Å². The lowest BCUT2D eigenvalue weighted by atomic mass is 10.1. The minimum Gasteiger partial charge on any atom is -0.369 e. The Hall–Kier alpha value is -2.32. The standard InChI is InChI=1S/C20H20ClF4N3O/c1-13(19(29)26-15-5-6-18(22)17(21)12-15)27-7-9-28(10-8-27)16-4-2-3-14(11-16)20(23,24)25/h2-6,11-13H,7-10H2,1H3,(H,26,29)/t13-/m0/s1. The first-order valence-corrected chi connectivity index (χ1v) is 9.45. The lowest BCUT2D eigenvalue weighted by Crippen LogP contribution is -2.52. The van der Waals surface area contributed by atoms with Crippen molar-refractivity contribution in [3.05, 3.63) is 58.9 Å². The van der Waals surface area contributed by atoms with Crippen LogP contribution < -0.4 is 10.2 Å². The van der Waals surface area contributed by atoms with E-state index in [-0.39, 0.29) is 10.9 Å². The first-order chi connectivity index (χ1) is 13.6. The molecule has 1 atom stereocenters. The van der Waals surface area contributed by atoms with Crippen LogP contribution in [0.4, 0.5) is 28.9 Å². The van der Waals surface area contributed by atoms with E-state index in [4.69, 9.17) is 11.6 Å². The van der Waals surface area contributed by atoms with E-state index in [9.17, 15) is 22.4 Å². The summed E-state index contributed by atoms with van der Waals surface area (Å²) in [5.74, 6) is -0.830. The summed E-state index contributed by atoms with van der Waals surface area (Å²) in [4.78, 5) is 16.3. The van der Waals surface area contributed by atoms with Gasteiger partial charge in [-0.05, 0) is 43.3 Å². The number of rotatable bonds is 4. The average molecular weight is 430 g/mol. The molecule has 4 nitrogen and oxygen atoms in total. The molecule has 1 fully saturated rings. The molecule has 2 aromatic carbocycles. The van der Waals surface area contributed by atoms with Crippen LogP contribution in [-0.4, -0.2) is 43.0 Å². The maximum atomic E-state index is 13.2. The Morgan fingerprint density at radius 1 is 1.10 bits per heavy atom. The number of benzene rings is 2. The predicted molar refractivity (Wildman–Crippen MR) is 105 cm³/mol. The second-order valence-electron chi connectivity index (χ2n) is 6.87. The maximum Gasteiger partial charge on any atom is 0.416 e. The van der Waals surface area contributed by atoms with Crippen LogP contribution in [0.25, 0.3) is 0 Å². The third kappa shape index (κ3) is 5.19. The highest BCUT2D eigenvalue weighted by Gasteiger charge is 2.31. The second-order valence-corrected chi connectivity index (χ2v) is 7.27. The van der Waals surface area contributed by atoms with Crippen molar-refractivity contribution in [1.29, 1.82) is 0 Å². The largest absolute Gasteiger partial charge is 0.416 e. The number of alkyl halides is 3. The van der Waals surface area contributed by atoms with E-state index in [1.165, 1.54) is 24.3 Å². The summed E-state index contributed by atoms with van der Waals surface area (Å²) >= 11 is 5.73. The van der Waals surface area contributed by atoms with Crippen molar-refractivity contribution >= 4 is 28.9 Å². The van der Waals surface area contributed by atoms with Gasteiger partial charge in [-0.1, -0.05) is 17.7 Å². The average Bonchev–Trinajstić information content (AvgIpc) is 2.70. The van der Waals surface area contributed by atoms with Crippen LogP contribution in [0.3, 0.4) is 0 Å². The van der Waals surface area contributed by atoms with Gasteiger partial charge in [-0.25, -0.2) is 4.39 Å².